The fourth-order valence-corrected chi connectivity index (χ4v) is 1.88. The first kappa shape index (κ1) is 7.07. The van der Waals surface area contributed by atoms with Gasteiger partial charge in [0.2, 0.25) is 0 Å². The summed E-state index contributed by atoms with van der Waals surface area (Å²) in [6.07, 6.45) is 5.20. The maximum absolute atomic E-state index is 5.91. The molecule has 0 radical (unpaired) electrons. The normalized spacial score (nSPS) is 21.0. The summed E-state index contributed by atoms with van der Waals surface area (Å²) in [5.74, 6) is 0. The summed E-state index contributed by atoms with van der Waals surface area (Å²) in [5, 5.41) is 4.67. The third-order valence-electron chi connectivity index (χ3n) is 1.45. The quantitative estimate of drug-likeness (QED) is 0.572. The summed E-state index contributed by atoms with van der Waals surface area (Å²) in [6, 6.07) is 0. The lowest BCUT2D eigenvalue weighted by Gasteiger charge is -2.14. The van der Waals surface area contributed by atoms with Crippen LogP contribution in [0.5, 0.6) is 0 Å². The summed E-state index contributed by atoms with van der Waals surface area (Å²) in [6.45, 7) is 0. The molecule has 0 saturated heterocycles. The first-order chi connectivity index (χ1) is 5.38. The fourth-order valence-electron chi connectivity index (χ4n) is 0.905. The molecule has 2 heterocycles. The van der Waals surface area contributed by atoms with Gasteiger partial charge >= 0.3 is 0 Å². The molecule has 0 bridgehead atoms. The Balaban J connectivity index is 2.41. The Hall–Kier alpha value is -0.600. The molecule has 0 unspecified atom stereocenters. The van der Waals surface area contributed by atoms with Gasteiger partial charge in [0.1, 0.15) is 0 Å². The molecule has 0 atom stereocenters. The molecule has 0 aromatic heterocycles. The third kappa shape index (κ3) is 1.24. The number of rotatable bonds is 0. The van der Waals surface area contributed by atoms with E-state index >= 15 is 0 Å². The van der Waals surface area contributed by atoms with Crippen LogP contribution in [0.25, 0.3) is 0 Å². The largest absolute Gasteiger partial charge is 0.472 e. The average Bonchev–Trinajstić information content (AvgIpc) is 2.06. The second-order valence-corrected chi connectivity index (χ2v) is 3.30. The van der Waals surface area contributed by atoms with Crippen LogP contribution in [0.2, 0.25) is 0 Å². The molecule has 0 amide bonds. The summed E-state index contributed by atoms with van der Waals surface area (Å²) in [4.78, 5) is 0. The number of halogens is 1. The Labute approximate surface area is 74.1 Å². The van der Waals surface area contributed by atoms with Crippen LogP contribution in [-0.4, -0.2) is 0 Å². The molecule has 0 aliphatic carbocycles. The lowest BCUT2D eigenvalue weighted by atomic mass is 10.1. The molecule has 0 saturated carbocycles. The van der Waals surface area contributed by atoms with Gasteiger partial charge in [0.05, 0.1) is 17.6 Å². The average molecular weight is 185 g/mol. The predicted molar refractivity (Wildman–Crippen MR) is 47.9 cm³/mol. The summed E-state index contributed by atoms with van der Waals surface area (Å²) in [7, 11) is 0. The number of fused-ring (bicyclic) bond motifs is 1. The van der Waals surface area contributed by atoms with Gasteiger partial charge in [-0.25, -0.2) is 0 Å². The van der Waals surface area contributed by atoms with Crippen molar-refractivity contribution in [2.24, 2.45) is 0 Å². The van der Waals surface area contributed by atoms with Gasteiger partial charge in [-0.2, -0.15) is 0 Å². The molecule has 2 aliphatic heterocycles. The van der Waals surface area contributed by atoms with E-state index in [1.807, 2.05) is 16.9 Å². The van der Waals surface area contributed by atoms with E-state index in [0.717, 1.165) is 16.2 Å². The van der Waals surface area contributed by atoms with Crippen molar-refractivity contribution in [1.29, 1.82) is 0 Å². The van der Waals surface area contributed by atoms with Crippen LogP contribution in [0.3, 0.4) is 0 Å². The van der Waals surface area contributed by atoms with E-state index in [-0.39, 0.29) is 0 Å². The van der Waals surface area contributed by atoms with Gasteiger partial charge in [0, 0.05) is 5.57 Å². The molecular formula is C8H5ClOS. The molecule has 56 valence electrons. The zero-order valence-corrected chi connectivity index (χ0v) is 7.15. The topological polar surface area (TPSA) is 9.23 Å². The van der Waals surface area contributed by atoms with Crippen LogP contribution in [0, 0.1) is 0 Å². The highest BCUT2D eigenvalue weighted by molar-refractivity contribution is 8.05. The third-order valence-corrected chi connectivity index (χ3v) is 2.65. The van der Waals surface area contributed by atoms with E-state index in [1.54, 1.807) is 24.3 Å². The van der Waals surface area contributed by atoms with Crippen LogP contribution < -0.4 is 0 Å². The molecule has 2 rings (SSSR count). The van der Waals surface area contributed by atoms with Crippen molar-refractivity contribution in [2.45, 2.75) is 0 Å². The molecule has 3 heteroatoms. The molecule has 0 spiro atoms. The van der Waals surface area contributed by atoms with E-state index in [9.17, 15) is 0 Å². The first-order valence-corrected chi connectivity index (χ1v) is 4.44. The van der Waals surface area contributed by atoms with E-state index in [4.69, 9.17) is 16.3 Å². The van der Waals surface area contributed by atoms with Crippen molar-refractivity contribution >= 4 is 23.4 Å². The molecule has 0 aromatic rings. The molecular weight excluding hydrogens is 180 g/mol. The molecule has 1 nitrogen and oxygen atoms in total. The first-order valence-electron chi connectivity index (χ1n) is 3.12. The number of allylic oxidation sites excluding steroid dienone is 4. The van der Waals surface area contributed by atoms with E-state index < -0.39 is 0 Å². The van der Waals surface area contributed by atoms with Gasteiger partial charge in [-0.1, -0.05) is 11.6 Å². The standard InChI is InChI=1S/C8H5ClOS/c9-8-5-11-4-6-1-2-10-3-7(6)8/h1-5H. The Morgan fingerprint density at radius 2 is 2.27 bits per heavy atom. The SMILES string of the molecule is ClC1=CSC=C2C=COC=C12. The molecule has 11 heavy (non-hydrogen) atoms. The minimum Gasteiger partial charge on any atom is -0.472 e. The Morgan fingerprint density at radius 1 is 1.36 bits per heavy atom. The van der Waals surface area contributed by atoms with Gasteiger partial charge in [-0.05, 0) is 22.5 Å². The lowest BCUT2D eigenvalue weighted by molar-refractivity contribution is 0.395. The summed E-state index contributed by atoms with van der Waals surface area (Å²) < 4.78 is 4.99. The van der Waals surface area contributed by atoms with E-state index in [1.165, 1.54) is 0 Å². The zero-order chi connectivity index (χ0) is 7.68. The van der Waals surface area contributed by atoms with E-state index in [0.29, 0.717) is 0 Å². The summed E-state index contributed by atoms with van der Waals surface area (Å²) >= 11 is 7.49. The highest BCUT2D eigenvalue weighted by atomic mass is 35.5. The second-order valence-electron chi connectivity index (χ2n) is 2.15. The number of ether oxygens (including phenoxy) is 1. The maximum Gasteiger partial charge on any atom is 0.0995 e. The lowest BCUT2D eigenvalue weighted by Crippen LogP contribution is -1.95. The van der Waals surface area contributed by atoms with Gasteiger partial charge in [-0.15, -0.1) is 11.8 Å². The Bertz CT molecular complexity index is 299. The minimum atomic E-state index is 0.747. The maximum atomic E-state index is 5.91. The van der Waals surface area contributed by atoms with Crippen molar-refractivity contribution in [1.82, 2.24) is 0 Å². The van der Waals surface area contributed by atoms with Gasteiger partial charge in [-0.3, -0.25) is 0 Å². The van der Waals surface area contributed by atoms with Crippen molar-refractivity contribution in [2.75, 3.05) is 0 Å². The van der Waals surface area contributed by atoms with Gasteiger partial charge < -0.3 is 4.74 Å². The van der Waals surface area contributed by atoms with Crippen LogP contribution in [-0.2, 0) is 4.74 Å². The van der Waals surface area contributed by atoms with Crippen LogP contribution in [0.1, 0.15) is 0 Å². The van der Waals surface area contributed by atoms with Gasteiger partial charge in [0.25, 0.3) is 0 Å². The number of thioether (sulfide) groups is 1. The van der Waals surface area contributed by atoms with Crippen molar-refractivity contribution in [3.8, 4) is 0 Å². The van der Waals surface area contributed by atoms with Crippen molar-refractivity contribution in [3.63, 3.8) is 0 Å². The summed E-state index contributed by atoms with van der Waals surface area (Å²) in [5.41, 5.74) is 2.08. The van der Waals surface area contributed by atoms with Crippen LogP contribution in [0.4, 0.5) is 0 Å². The molecule has 0 aromatic carbocycles. The van der Waals surface area contributed by atoms with E-state index in [2.05, 4.69) is 0 Å². The number of hydrogen-bond donors (Lipinski definition) is 0. The van der Waals surface area contributed by atoms with Crippen LogP contribution in [0.15, 0.2) is 45.6 Å². The zero-order valence-electron chi connectivity index (χ0n) is 5.58. The number of hydrogen-bond acceptors (Lipinski definition) is 2. The Morgan fingerprint density at radius 3 is 3.09 bits per heavy atom. The minimum absolute atomic E-state index is 0.747. The molecule has 2 aliphatic rings. The Kier molecular flexibility index (Phi) is 1.80. The smallest absolute Gasteiger partial charge is 0.0995 e. The highest BCUT2D eigenvalue weighted by Gasteiger charge is 2.13. The fraction of sp³-hybridized carbons (Fsp3) is 0. The van der Waals surface area contributed by atoms with Crippen molar-refractivity contribution < 1.29 is 4.74 Å². The van der Waals surface area contributed by atoms with Crippen molar-refractivity contribution in [3.05, 3.63) is 45.6 Å². The van der Waals surface area contributed by atoms with Crippen LogP contribution >= 0.6 is 23.4 Å². The van der Waals surface area contributed by atoms with Gasteiger partial charge in [0.15, 0.2) is 0 Å². The molecule has 0 fully saturated rings. The second kappa shape index (κ2) is 2.80. The predicted octanol–water partition coefficient (Wildman–Crippen LogP) is 3.13. The molecule has 0 N–H and O–H groups in total. The monoisotopic (exact) mass is 184 g/mol. The highest BCUT2D eigenvalue weighted by Crippen LogP contribution is 2.34.